The van der Waals surface area contributed by atoms with Gasteiger partial charge in [0, 0.05) is 25.6 Å². The van der Waals surface area contributed by atoms with Crippen LogP contribution in [0.5, 0.6) is 0 Å². The lowest BCUT2D eigenvalue weighted by Gasteiger charge is -2.17. The van der Waals surface area contributed by atoms with Crippen molar-refractivity contribution in [2.24, 2.45) is 5.73 Å². The van der Waals surface area contributed by atoms with Crippen LogP contribution in [-0.4, -0.2) is 44.3 Å². The van der Waals surface area contributed by atoms with Crippen molar-refractivity contribution in [2.45, 2.75) is 49.5 Å². The predicted octanol–water partition coefficient (Wildman–Crippen LogP) is 1.48. The number of hydrogen-bond acceptors (Lipinski definition) is 4. The van der Waals surface area contributed by atoms with Gasteiger partial charge in [-0.25, -0.2) is 8.42 Å². The van der Waals surface area contributed by atoms with E-state index in [1.54, 1.807) is 30.3 Å². The van der Waals surface area contributed by atoms with E-state index in [9.17, 15) is 13.2 Å². The number of amides is 1. The normalized spacial score (nSPS) is 18.6. The zero-order valence-electron chi connectivity index (χ0n) is 14.0. The molecule has 0 spiro atoms. The molecule has 0 aromatic heterocycles. The molecule has 7 heteroatoms. The van der Waals surface area contributed by atoms with Crippen molar-refractivity contribution in [1.29, 1.82) is 0 Å². The predicted molar refractivity (Wildman–Crippen MR) is 93.9 cm³/mol. The Balaban J connectivity index is 1.78. The monoisotopic (exact) mass is 353 g/mol. The van der Waals surface area contributed by atoms with Gasteiger partial charge in [-0.05, 0) is 37.9 Å². The first-order valence-electron chi connectivity index (χ1n) is 8.58. The molecule has 2 rings (SSSR count). The lowest BCUT2D eigenvalue weighted by Crippen LogP contribution is -2.38. The van der Waals surface area contributed by atoms with Crippen molar-refractivity contribution in [3.63, 3.8) is 0 Å². The third kappa shape index (κ3) is 5.29. The van der Waals surface area contributed by atoms with Gasteiger partial charge in [-0.2, -0.15) is 4.31 Å². The van der Waals surface area contributed by atoms with E-state index in [-0.39, 0.29) is 11.9 Å². The molecule has 0 radical (unpaired) electrons. The van der Waals surface area contributed by atoms with E-state index >= 15 is 0 Å². The summed E-state index contributed by atoms with van der Waals surface area (Å²) in [6, 6.07) is 8.32. The molecular weight excluding hydrogens is 326 g/mol. The average molecular weight is 353 g/mol. The molecule has 1 unspecified atom stereocenters. The maximum atomic E-state index is 12.5. The summed E-state index contributed by atoms with van der Waals surface area (Å²) in [6.45, 7) is 1.48. The fourth-order valence-electron chi connectivity index (χ4n) is 2.89. The number of carbonyl (C=O) groups excluding carboxylic acids is 1. The molecule has 0 aliphatic carbocycles. The molecule has 1 aliphatic heterocycles. The van der Waals surface area contributed by atoms with Crippen LogP contribution in [0.4, 0.5) is 0 Å². The van der Waals surface area contributed by atoms with Crippen LogP contribution in [0.15, 0.2) is 35.2 Å². The molecule has 1 amide bonds. The summed E-state index contributed by atoms with van der Waals surface area (Å²) >= 11 is 0. The van der Waals surface area contributed by atoms with Crippen LogP contribution in [0.1, 0.15) is 38.5 Å². The number of nitrogens with one attached hydrogen (secondary N) is 1. The van der Waals surface area contributed by atoms with Crippen LogP contribution < -0.4 is 11.1 Å². The molecule has 1 heterocycles. The zero-order chi connectivity index (χ0) is 17.4. The Kier molecular flexibility index (Phi) is 7.20. The lowest BCUT2D eigenvalue weighted by atomic mass is 10.1. The summed E-state index contributed by atoms with van der Waals surface area (Å²) in [4.78, 5) is 12.3. The van der Waals surface area contributed by atoms with Crippen molar-refractivity contribution in [3.8, 4) is 0 Å². The van der Waals surface area contributed by atoms with Gasteiger partial charge in [0.2, 0.25) is 15.9 Å². The number of unbranched alkanes of at least 4 members (excludes halogenated alkanes) is 3. The number of carbonyl (C=O) groups is 1. The van der Waals surface area contributed by atoms with Crippen LogP contribution in [0.2, 0.25) is 0 Å². The summed E-state index contributed by atoms with van der Waals surface area (Å²) in [5, 5.41) is 2.95. The summed E-state index contributed by atoms with van der Waals surface area (Å²) in [7, 11) is -3.46. The highest BCUT2D eigenvalue weighted by molar-refractivity contribution is 7.89. The zero-order valence-corrected chi connectivity index (χ0v) is 14.8. The van der Waals surface area contributed by atoms with Crippen molar-refractivity contribution < 1.29 is 13.2 Å². The van der Waals surface area contributed by atoms with E-state index in [1.807, 2.05) is 0 Å². The molecular formula is C17H27N3O3S. The van der Waals surface area contributed by atoms with Crippen LogP contribution in [0.3, 0.4) is 0 Å². The standard InChI is InChI=1S/C17H27N3O3S/c18-12-7-2-1-6-10-17(21)19-15-11-13-20(14-15)24(22,23)16-8-4-3-5-9-16/h3-5,8-9,15H,1-2,6-7,10-14,18H2,(H,19,21). The lowest BCUT2D eigenvalue weighted by molar-refractivity contribution is -0.121. The second-order valence-electron chi connectivity index (χ2n) is 6.18. The molecule has 3 N–H and O–H groups in total. The van der Waals surface area contributed by atoms with E-state index in [0.717, 1.165) is 25.7 Å². The highest BCUT2D eigenvalue weighted by atomic mass is 32.2. The molecule has 0 saturated carbocycles. The fraction of sp³-hybridized carbons (Fsp3) is 0.588. The highest BCUT2D eigenvalue weighted by Gasteiger charge is 2.32. The van der Waals surface area contributed by atoms with Crippen LogP contribution in [0, 0.1) is 0 Å². The minimum atomic E-state index is -3.46. The Morgan fingerprint density at radius 2 is 1.88 bits per heavy atom. The summed E-state index contributed by atoms with van der Waals surface area (Å²) in [5.74, 6) is 0.00621. The Labute approximate surface area is 144 Å². The van der Waals surface area contributed by atoms with Gasteiger partial charge in [0.15, 0.2) is 0 Å². The second kappa shape index (κ2) is 9.15. The highest BCUT2D eigenvalue weighted by Crippen LogP contribution is 2.20. The van der Waals surface area contributed by atoms with E-state index in [2.05, 4.69) is 5.32 Å². The Hall–Kier alpha value is -1.44. The maximum absolute atomic E-state index is 12.5. The first-order chi connectivity index (χ1) is 11.5. The second-order valence-corrected chi connectivity index (χ2v) is 8.12. The van der Waals surface area contributed by atoms with Crippen LogP contribution >= 0.6 is 0 Å². The summed E-state index contributed by atoms with van der Waals surface area (Å²) in [5.41, 5.74) is 5.44. The Bertz CT molecular complexity index is 619. The molecule has 24 heavy (non-hydrogen) atoms. The van der Waals surface area contributed by atoms with Gasteiger partial charge in [0.05, 0.1) is 4.90 Å². The van der Waals surface area contributed by atoms with E-state index in [1.165, 1.54) is 4.31 Å². The topological polar surface area (TPSA) is 92.5 Å². The van der Waals surface area contributed by atoms with Crippen molar-refractivity contribution in [2.75, 3.05) is 19.6 Å². The van der Waals surface area contributed by atoms with Crippen LogP contribution in [-0.2, 0) is 14.8 Å². The summed E-state index contributed by atoms with van der Waals surface area (Å²) in [6.07, 6.45) is 5.05. The number of hydrogen-bond donors (Lipinski definition) is 2. The van der Waals surface area contributed by atoms with Crippen LogP contribution in [0.25, 0.3) is 0 Å². The SMILES string of the molecule is NCCCCCCC(=O)NC1CCN(S(=O)(=O)c2ccccc2)C1. The quantitative estimate of drug-likeness (QED) is 0.658. The van der Waals surface area contributed by atoms with E-state index in [0.29, 0.717) is 37.4 Å². The van der Waals surface area contributed by atoms with Gasteiger partial charge < -0.3 is 11.1 Å². The van der Waals surface area contributed by atoms with Crippen molar-refractivity contribution in [3.05, 3.63) is 30.3 Å². The van der Waals surface area contributed by atoms with Gasteiger partial charge in [-0.1, -0.05) is 31.0 Å². The first-order valence-corrected chi connectivity index (χ1v) is 10.0. The smallest absolute Gasteiger partial charge is 0.243 e. The third-order valence-electron chi connectivity index (χ3n) is 4.26. The van der Waals surface area contributed by atoms with Gasteiger partial charge in [-0.15, -0.1) is 0 Å². The van der Waals surface area contributed by atoms with Gasteiger partial charge >= 0.3 is 0 Å². The number of rotatable bonds is 9. The number of nitrogens with zero attached hydrogens (tertiary/aromatic N) is 1. The molecule has 0 bridgehead atoms. The Morgan fingerprint density at radius 3 is 2.58 bits per heavy atom. The van der Waals surface area contributed by atoms with Gasteiger partial charge in [0.1, 0.15) is 0 Å². The van der Waals surface area contributed by atoms with E-state index < -0.39 is 10.0 Å². The molecule has 1 fully saturated rings. The molecule has 1 aromatic rings. The molecule has 1 aliphatic rings. The molecule has 6 nitrogen and oxygen atoms in total. The third-order valence-corrected chi connectivity index (χ3v) is 6.13. The van der Waals surface area contributed by atoms with Gasteiger partial charge in [0.25, 0.3) is 0 Å². The molecule has 1 atom stereocenters. The largest absolute Gasteiger partial charge is 0.352 e. The van der Waals surface area contributed by atoms with Crippen molar-refractivity contribution in [1.82, 2.24) is 9.62 Å². The summed E-state index contributed by atoms with van der Waals surface area (Å²) < 4.78 is 26.5. The Morgan fingerprint density at radius 1 is 1.17 bits per heavy atom. The minimum Gasteiger partial charge on any atom is -0.352 e. The molecule has 1 saturated heterocycles. The molecule has 1 aromatic carbocycles. The van der Waals surface area contributed by atoms with Crippen molar-refractivity contribution >= 4 is 15.9 Å². The minimum absolute atomic E-state index is 0.00621. The number of nitrogens with two attached hydrogens (primary N) is 1. The maximum Gasteiger partial charge on any atom is 0.243 e. The fourth-order valence-corrected chi connectivity index (χ4v) is 4.41. The van der Waals surface area contributed by atoms with Gasteiger partial charge in [-0.3, -0.25) is 4.79 Å². The first kappa shape index (κ1) is 18.9. The molecule has 134 valence electrons. The van der Waals surface area contributed by atoms with E-state index in [4.69, 9.17) is 5.73 Å². The number of sulfonamides is 1. The number of benzene rings is 1. The average Bonchev–Trinajstić information content (AvgIpc) is 3.04.